The summed E-state index contributed by atoms with van der Waals surface area (Å²) in [5.74, 6) is 0.776. The van der Waals surface area contributed by atoms with E-state index < -0.39 is 10.0 Å². The molecule has 118 valence electrons. The molecule has 3 atom stereocenters. The normalized spacial score (nSPS) is 33.2. The van der Waals surface area contributed by atoms with Gasteiger partial charge in [0.2, 0.25) is 10.0 Å². The van der Waals surface area contributed by atoms with E-state index >= 15 is 0 Å². The van der Waals surface area contributed by atoms with Crippen molar-refractivity contribution in [2.75, 3.05) is 32.4 Å². The van der Waals surface area contributed by atoms with Crippen molar-refractivity contribution in [1.29, 1.82) is 0 Å². The first-order valence-electron chi connectivity index (χ1n) is 7.80. The molecule has 5 nitrogen and oxygen atoms in total. The van der Waals surface area contributed by atoms with Crippen LogP contribution in [0.1, 0.15) is 38.5 Å². The van der Waals surface area contributed by atoms with Gasteiger partial charge in [-0.3, -0.25) is 0 Å². The van der Waals surface area contributed by atoms with Gasteiger partial charge in [0.25, 0.3) is 0 Å². The Morgan fingerprint density at radius 2 is 1.90 bits per heavy atom. The minimum atomic E-state index is -3.05. The van der Waals surface area contributed by atoms with Crippen LogP contribution in [0.3, 0.4) is 0 Å². The quantitative estimate of drug-likeness (QED) is 0.788. The van der Waals surface area contributed by atoms with E-state index in [0.29, 0.717) is 24.9 Å². The highest BCUT2D eigenvalue weighted by molar-refractivity contribution is 7.88. The van der Waals surface area contributed by atoms with Crippen LogP contribution in [0.4, 0.5) is 0 Å². The number of hydrogen-bond acceptors (Lipinski definition) is 4. The third kappa shape index (κ3) is 4.69. The Hall–Kier alpha value is -0.170. The van der Waals surface area contributed by atoms with Crippen LogP contribution < -0.4 is 5.32 Å². The van der Waals surface area contributed by atoms with E-state index in [1.54, 1.807) is 4.31 Å². The SMILES string of the molecule is CS(=O)(=O)N1CCCC(CNCC2CCCCC2O)C1. The molecule has 0 aromatic heterocycles. The average molecular weight is 304 g/mol. The first-order chi connectivity index (χ1) is 9.47. The zero-order valence-corrected chi connectivity index (χ0v) is 13.2. The smallest absolute Gasteiger partial charge is 0.211 e. The van der Waals surface area contributed by atoms with Crippen LogP contribution in [0.5, 0.6) is 0 Å². The Kier molecular flexibility index (Phi) is 5.84. The average Bonchev–Trinajstić information content (AvgIpc) is 2.40. The van der Waals surface area contributed by atoms with Crippen LogP contribution in [-0.2, 0) is 10.0 Å². The molecule has 2 rings (SSSR count). The van der Waals surface area contributed by atoms with Crippen LogP contribution in [0.15, 0.2) is 0 Å². The fourth-order valence-electron chi connectivity index (χ4n) is 3.39. The lowest BCUT2D eigenvalue weighted by Gasteiger charge is -2.32. The molecule has 0 spiro atoms. The van der Waals surface area contributed by atoms with Crippen molar-refractivity contribution >= 4 is 10.0 Å². The Labute approximate surface area is 122 Å². The van der Waals surface area contributed by atoms with Gasteiger partial charge in [-0.05, 0) is 44.1 Å². The second kappa shape index (κ2) is 7.20. The molecule has 0 bridgehead atoms. The Balaban J connectivity index is 1.71. The number of aliphatic hydroxyl groups excluding tert-OH is 1. The second-order valence-corrected chi connectivity index (χ2v) is 8.38. The lowest BCUT2D eigenvalue weighted by atomic mass is 9.86. The van der Waals surface area contributed by atoms with Gasteiger partial charge in [-0.2, -0.15) is 0 Å². The van der Waals surface area contributed by atoms with Gasteiger partial charge in [-0.25, -0.2) is 12.7 Å². The zero-order chi connectivity index (χ0) is 14.6. The van der Waals surface area contributed by atoms with Crippen molar-refractivity contribution in [3.63, 3.8) is 0 Å². The summed E-state index contributed by atoms with van der Waals surface area (Å²) < 4.78 is 24.7. The van der Waals surface area contributed by atoms with Crippen LogP contribution in [0, 0.1) is 11.8 Å². The van der Waals surface area contributed by atoms with Gasteiger partial charge in [0.05, 0.1) is 12.4 Å². The maximum absolute atomic E-state index is 11.6. The minimum Gasteiger partial charge on any atom is -0.393 e. The largest absolute Gasteiger partial charge is 0.393 e. The maximum atomic E-state index is 11.6. The van der Waals surface area contributed by atoms with Gasteiger partial charge in [-0.15, -0.1) is 0 Å². The Morgan fingerprint density at radius 3 is 2.60 bits per heavy atom. The summed E-state index contributed by atoms with van der Waals surface area (Å²) in [6.45, 7) is 3.02. The lowest BCUT2D eigenvalue weighted by molar-refractivity contribution is 0.0687. The Bertz CT molecular complexity index is 399. The fraction of sp³-hybridized carbons (Fsp3) is 1.00. The van der Waals surface area contributed by atoms with Gasteiger partial charge in [0, 0.05) is 19.6 Å². The molecule has 1 aliphatic heterocycles. The molecule has 20 heavy (non-hydrogen) atoms. The molecule has 1 saturated carbocycles. The molecule has 1 aliphatic carbocycles. The van der Waals surface area contributed by atoms with E-state index in [1.807, 2.05) is 0 Å². The third-order valence-electron chi connectivity index (χ3n) is 4.66. The molecule has 2 fully saturated rings. The fourth-order valence-corrected chi connectivity index (χ4v) is 4.34. The summed E-state index contributed by atoms with van der Waals surface area (Å²) >= 11 is 0. The number of nitrogens with one attached hydrogen (secondary N) is 1. The predicted molar refractivity (Wildman–Crippen MR) is 80.0 cm³/mol. The summed E-state index contributed by atoms with van der Waals surface area (Å²) in [4.78, 5) is 0. The molecule has 3 unspecified atom stereocenters. The highest BCUT2D eigenvalue weighted by Crippen LogP contribution is 2.24. The standard InChI is InChI=1S/C14H28N2O3S/c1-20(18,19)16-8-4-5-12(11-16)9-15-10-13-6-2-3-7-14(13)17/h12-15,17H,2-11H2,1H3. The molecule has 2 N–H and O–H groups in total. The van der Waals surface area contributed by atoms with E-state index in [9.17, 15) is 13.5 Å². The van der Waals surface area contributed by atoms with E-state index in [0.717, 1.165) is 45.2 Å². The van der Waals surface area contributed by atoms with Crippen molar-refractivity contribution in [2.45, 2.75) is 44.6 Å². The summed E-state index contributed by atoms with van der Waals surface area (Å²) in [5, 5.41) is 13.4. The van der Waals surface area contributed by atoms with Crippen molar-refractivity contribution in [2.24, 2.45) is 11.8 Å². The Morgan fingerprint density at radius 1 is 1.15 bits per heavy atom. The van der Waals surface area contributed by atoms with Crippen LogP contribution in [0.2, 0.25) is 0 Å². The molecule has 1 heterocycles. The topological polar surface area (TPSA) is 69.6 Å². The first-order valence-corrected chi connectivity index (χ1v) is 9.65. The van der Waals surface area contributed by atoms with Crippen LogP contribution in [-0.4, -0.2) is 56.4 Å². The van der Waals surface area contributed by atoms with Crippen molar-refractivity contribution in [3.8, 4) is 0 Å². The lowest BCUT2D eigenvalue weighted by Crippen LogP contribution is -2.43. The molecular weight excluding hydrogens is 276 g/mol. The summed E-state index contributed by atoms with van der Waals surface area (Å²) in [5.41, 5.74) is 0. The molecule has 0 amide bonds. The van der Waals surface area contributed by atoms with E-state index in [-0.39, 0.29) is 6.10 Å². The minimum absolute atomic E-state index is 0.157. The number of nitrogens with zero attached hydrogens (tertiary/aromatic N) is 1. The highest BCUT2D eigenvalue weighted by Gasteiger charge is 2.26. The molecule has 0 radical (unpaired) electrons. The number of sulfonamides is 1. The second-order valence-electron chi connectivity index (χ2n) is 6.40. The monoisotopic (exact) mass is 304 g/mol. The summed E-state index contributed by atoms with van der Waals surface area (Å²) in [7, 11) is -3.05. The van der Waals surface area contributed by atoms with E-state index in [4.69, 9.17) is 0 Å². The third-order valence-corrected chi connectivity index (χ3v) is 5.93. The van der Waals surface area contributed by atoms with Gasteiger partial charge < -0.3 is 10.4 Å². The molecule has 6 heteroatoms. The van der Waals surface area contributed by atoms with E-state index in [1.165, 1.54) is 12.7 Å². The number of aliphatic hydroxyl groups is 1. The molecule has 0 aromatic carbocycles. The van der Waals surface area contributed by atoms with Gasteiger partial charge >= 0.3 is 0 Å². The molecule has 2 aliphatic rings. The molecular formula is C14H28N2O3S. The molecule has 1 saturated heterocycles. The van der Waals surface area contributed by atoms with Crippen molar-refractivity contribution in [3.05, 3.63) is 0 Å². The van der Waals surface area contributed by atoms with Crippen LogP contribution >= 0.6 is 0 Å². The van der Waals surface area contributed by atoms with Gasteiger partial charge in [-0.1, -0.05) is 12.8 Å². The number of piperidine rings is 1. The highest BCUT2D eigenvalue weighted by atomic mass is 32.2. The summed E-state index contributed by atoms with van der Waals surface area (Å²) in [6, 6.07) is 0. The number of rotatable bonds is 5. The maximum Gasteiger partial charge on any atom is 0.211 e. The predicted octanol–water partition coefficient (Wildman–Crippen LogP) is 0.799. The van der Waals surface area contributed by atoms with E-state index in [2.05, 4.69) is 5.32 Å². The van der Waals surface area contributed by atoms with Gasteiger partial charge in [0.1, 0.15) is 0 Å². The zero-order valence-electron chi connectivity index (χ0n) is 12.4. The number of hydrogen-bond donors (Lipinski definition) is 2. The van der Waals surface area contributed by atoms with Crippen molar-refractivity contribution < 1.29 is 13.5 Å². The van der Waals surface area contributed by atoms with Gasteiger partial charge in [0.15, 0.2) is 0 Å². The molecule has 0 aromatic rings. The van der Waals surface area contributed by atoms with Crippen molar-refractivity contribution in [1.82, 2.24) is 9.62 Å². The first kappa shape index (κ1) is 16.2. The summed E-state index contributed by atoms with van der Waals surface area (Å²) in [6.07, 6.45) is 7.57. The van der Waals surface area contributed by atoms with Crippen LogP contribution in [0.25, 0.3) is 0 Å².